The molecule has 1 N–H and O–H groups in total. The Morgan fingerprint density at radius 2 is 2.13 bits per heavy atom. The monoisotopic (exact) mass is 347 g/mol. The van der Waals surface area contributed by atoms with Gasteiger partial charge in [-0.15, -0.1) is 10.2 Å². The molecule has 2 saturated carbocycles. The average Bonchev–Trinajstić information content (AvgIpc) is 3.24. The number of hydrogen-bond acceptors (Lipinski definition) is 4. The third-order valence-corrected chi connectivity index (χ3v) is 6.31. The summed E-state index contributed by atoms with van der Waals surface area (Å²) in [6.45, 7) is 0. The molecule has 1 aromatic carbocycles. The Balaban J connectivity index is 1.40. The van der Waals surface area contributed by atoms with Gasteiger partial charge in [-0.1, -0.05) is 47.6 Å². The number of nitrogens with one attached hydrogen (secondary N) is 1. The Hall–Kier alpha value is -1.46. The van der Waals surface area contributed by atoms with Crippen LogP contribution >= 0.6 is 22.9 Å². The van der Waals surface area contributed by atoms with E-state index in [2.05, 4.69) is 15.5 Å². The van der Waals surface area contributed by atoms with Crippen LogP contribution in [0.4, 0.5) is 5.13 Å². The van der Waals surface area contributed by atoms with E-state index in [1.54, 1.807) is 0 Å². The van der Waals surface area contributed by atoms with Gasteiger partial charge in [0, 0.05) is 12.0 Å². The summed E-state index contributed by atoms with van der Waals surface area (Å²) in [5.74, 6) is 2.25. The fourth-order valence-electron chi connectivity index (χ4n) is 4.05. The number of rotatable bonds is 4. The van der Waals surface area contributed by atoms with Gasteiger partial charge < -0.3 is 5.32 Å². The molecule has 2 aromatic rings. The Bertz CT molecular complexity index is 732. The first-order valence-electron chi connectivity index (χ1n) is 8.07. The second-order valence-electron chi connectivity index (χ2n) is 6.58. The number of carbonyl (C=O) groups is 1. The van der Waals surface area contributed by atoms with Crippen molar-refractivity contribution >= 4 is 34.0 Å². The SMILES string of the molecule is O=C(C[C@H]1C[C@@H]2CC[C@@H]1C2)Nc1nnc(-c2ccccc2Cl)s1. The molecule has 2 fully saturated rings. The lowest BCUT2D eigenvalue weighted by Crippen LogP contribution is -2.20. The van der Waals surface area contributed by atoms with Gasteiger partial charge in [0.1, 0.15) is 0 Å². The van der Waals surface area contributed by atoms with E-state index in [0.717, 1.165) is 22.4 Å². The average molecular weight is 348 g/mol. The molecule has 23 heavy (non-hydrogen) atoms. The molecular formula is C17H18ClN3OS. The zero-order valence-corrected chi connectivity index (χ0v) is 14.2. The molecule has 0 saturated heterocycles. The summed E-state index contributed by atoms with van der Waals surface area (Å²) in [4.78, 5) is 12.3. The lowest BCUT2D eigenvalue weighted by molar-refractivity contribution is -0.117. The van der Waals surface area contributed by atoms with Crippen molar-refractivity contribution in [2.24, 2.45) is 17.8 Å². The molecule has 120 valence electrons. The zero-order valence-electron chi connectivity index (χ0n) is 12.7. The number of hydrogen-bond donors (Lipinski definition) is 1. The van der Waals surface area contributed by atoms with Crippen LogP contribution in [0.1, 0.15) is 32.1 Å². The van der Waals surface area contributed by atoms with E-state index in [4.69, 9.17) is 11.6 Å². The second kappa shape index (κ2) is 6.21. The standard InChI is InChI=1S/C17H18ClN3OS/c18-14-4-2-1-3-13(14)16-20-21-17(23-16)19-15(22)9-12-8-10-5-6-11(12)7-10/h1-4,10-12H,5-9H2,(H,19,21,22)/t10-,11-,12-/m1/s1. The molecule has 6 heteroatoms. The lowest BCUT2D eigenvalue weighted by atomic mass is 9.86. The quantitative estimate of drug-likeness (QED) is 0.877. The summed E-state index contributed by atoms with van der Waals surface area (Å²) >= 11 is 7.54. The Morgan fingerprint density at radius 1 is 1.26 bits per heavy atom. The van der Waals surface area contributed by atoms with Crippen LogP contribution in [-0.2, 0) is 4.79 Å². The summed E-state index contributed by atoms with van der Waals surface area (Å²) in [5.41, 5.74) is 0.847. The van der Waals surface area contributed by atoms with Gasteiger partial charge in [0.05, 0.1) is 5.02 Å². The molecule has 1 amide bonds. The minimum Gasteiger partial charge on any atom is -0.301 e. The van der Waals surface area contributed by atoms with Crippen molar-refractivity contribution in [3.05, 3.63) is 29.3 Å². The summed E-state index contributed by atoms with van der Waals surface area (Å²) in [7, 11) is 0. The minimum absolute atomic E-state index is 0.0596. The number of nitrogens with zero attached hydrogens (tertiary/aromatic N) is 2. The van der Waals surface area contributed by atoms with Crippen molar-refractivity contribution in [2.45, 2.75) is 32.1 Å². The van der Waals surface area contributed by atoms with E-state index in [1.807, 2.05) is 24.3 Å². The summed E-state index contributed by atoms with van der Waals surface area (Å²) in [6, 6.07) is 7.52. The van der Waals surface area contributed by atoms with Gasteiger partial charge >= 0.3 is 0 Å². The Morgan fingerprint density at radius 3 is 2.87 bits per heavy atom. The number of amides is 1. The molecular weight excluding hydrogens is 330 g/mol. The van der Waals surface area contributed by atoms with E-state index < -0.39 is 0 Å². The van der Waals surface area contributed by atoms with Crippen LogP contribution in [0.3, 0.4) is 0 Å². The largest absolute Gasteiger partial charge is 0.301 e. The smallest absolute Gasteiger partial charge is 0.226 e. The number of benzene rings is 1. The highest BCUT2D eigenvalue weighted by Crippen LogP contribution is 2.49. The van der Waals surface area contributed by atoms with Gasteiger partial charge in [-0.3, -0.25) is 4.79 Å². The third-order valence-electron chi connectivity index (χ3n) is 5.11. The fraction of sp³-hybridized carbons (Fsp3) is 0.471. The van der Waals surface area contributed by atoms with Gasteiger partial charge in [-0.25, -0.2) is 0 Å². The van der Waals surface area contributed by atoms with Gasteiger partial charge in [0.2, 0.25) is 11.0 Å². The predicted octanol–water partition coefficient (Wildman–Crippen LogP) is 4.62. The van der Waals surface area contributed by atoms with Crippen LogP contribution in [0.25, 0.3) is 10.6 Å². The predicted molar refractivity (Wildman–Crippen MR) is 92.5 cm³/mol. The van der Waals surface area contributed by atoms with E-state index in [0.29, 0.717) is 22.5 Å². The maximum atomic E-state index is 12.3. The molecule has 1 aromatic heterocycles. The molecule has 4 nitrogen and oxygen atoms in total. The van der Waals surface area contributed by atoms with Crippen LogP contribution in [0.15, 0.2) is 24.3 Å². The molecule has 3 atom stereocenters. The van der Waals surface area contributed by atoms with Gasteiger partial charge in [-0.05, 0) is 43.1 Å². The lowest BCUT2D eigenvalue weighted by Gasteiger charge is -2.20. The van der Waals surface area contributed by atoms with Crippen molar-refractivity contribution in [1.82, 2.24) is 10.2 Å². The van der Waals surface area contributed by atoms with E-state index >= 15 is 0 Å². The van der Waals surface area contributed by atoms with Crippen molar-refractivity contribution in [2.75, 3.05) is 5.32 Å². The molecule has 0 aliphatic heterocycles. The zero-order chi connectivity index (χ0) is 15.8. The molecule has 4 rings (SSSR count). The highest BCUT2D eigenvalue weighted by atomic mass is 35.5. The molecule has 0 unspecified atom stereocenters. The number of halogens is 1. The fourth-order valence-corrected chi connectivity index (χ4v) is 5.13. The van der Waals surface area contributed by atoms with Gasteiger partial charge in [0.25, 0.3) is 0 Å². The van der Waals surface area contributed by atoms with Crippen molar-refractivity contribution in [3.63, 3.8) is 0 Å². The summed E-state index contributed by atoms with van der Waals surface area (Å²) < 4.78 is 0. The molecule has 1 heterocycles. The van der Waals surface area contributed by atoms with Gasteiger partial charge in [0.15, 0.2) is 5.01 Å². The van der Waals surface area contributed by atoms with Crippen molar-refractivity contribution in [1.29, 1.82) is 0 Å². The van der Waals surface area contributed by atoms with Crippen molar-refractivity contribution in [3.8, 4) is 10.6 Å². The minimum atomic E-state index is 0.0596. The van der Waals surface area contributed by atoms with E-state index in [1.165, 1.54) is 37.0 Å². The number of fused-ring (bicyclic) bond motifs is 2. The van der Waals surface area contributed by atoms with Crippen LogP contribution in [0, 0.1) is 17.8 Å². The van der Waals surface area contributed by atoms with E-state index in [-0.39, 0.29) is 5.91 Å². The Labute approximate surface area is 144 Å². The number of carbonyl (C=O) groups excluding carboxylic acids is 1. The highest BCUT2D eigenvalue weighted by molar-refractivity contribution is 7.18. The van der Waals surface area contributed by atoms with Crippen molar-refractivity contribution < 1.29 is 4.79 Å². The van der Waals surface area contributed by atoms with Crippen LogP contribution in [-0.4, -0.2) is 16.1 Å². The van der Waals surface area contributed by atoms with E-state index in [9.17, 15) is 4.79 Å². The second-order valence-corrected chi connectivity index (χ2v) is 7.96. The molecule has 2 aliphatic carbocycles. The highest BCUT2D eigenvalue weighted by Gasteiger charge is 2.40. The first-order chi connectivity index (χ1) is 11.2. The first-order valence-corrected chi connectivity index (χ1v) is 9.27. The van der Waals surface area contributed by atoms with Crippen LogP contribution in [0.5, 0.6) is 0 Å². The summed E-state index contributed by atoms with van der Waals surface area (Å²) in [6.07, 6.45) is 5.83. The van der Waals surface area contributed by atoms with Crippen LogP contribution in [0.2, 0.25) is 5.02 Å². The number of aromatic nitrogens is 2. The molecule has 2 bridgehead atoms. The first kappa shape index (κ1) is 15.1. The normalized spacial score (nSPS) is 25.7. The maximum Gasteiger partial charge on any atom is 0.226 e. The number of anilines is 1. The molecule has 0 radical (unpaired) electrons. The third kappa shape index (κ3) is 3.12. The topological polar surface area (TPSA) is 54.9 Å². The van der Waals surface area contributed by atoms with Crippen LogP contribution < -0.4 is 5.32 Å². The summed E-state index contributed by atoms with van der Waals surface area (Å²) in [5, 5.41) is 13.0. The molecule has 0 spiro atoms. The molecule has 2 aliphatic rings. The maximum absolute atomic E-state index is 12.3. The Kier molecular flexibility index (Phi) is 4.07. The van der Waals surface area contributed by atoms with Gasteiger partial charge in [-0.2, -0.15) is 0 Å².